The molecule has 0 bridgehead atoms. The van der Waals surface area contributed by atoms with Gasteiger partial charge in [0.15, 0.2) is 5.69 Å². The van der Waals surface area contributed by atoms with Gasteiger partial charge in [0.2, 0.25) is 0 Å². The zero-order chi connectivity index (χ0) is 31.1. The van der Waals surface area contributed by atoms with Crippen LogP contribution in [0.25, 0.3) is 10.2 Å². The van der Waals surface area contributed by atoms with Crippen LogP contribution < -0.4 is 20.3 Å². The summed E-state index contributed by atoms with van der Waals surface area (Å²) in [6, 6.07) is 18.4. The standard InChI is InChI=1S/C34H30N6O4S/c1-20-16-25(44-24-7-3-2-4-8-24)11-12-26(20)40-27-13-14-36-32-28(27)29(38-34(40)43)30(45-32)31(41)37-23-6-5-15-39(19-23)33(42)22(18-35)17-21-9-10-21/h2-4,7-8,11-14,16-17,21,23H,5-6,9-10,15,19H2,1H3,(H,37,41)(H,38,43)/p+1/b22-17+/t23-/m1/s1. The second-order valence-corrected chi connectivity index (χ2v) is 12.7. The summed E-state index contributed by atoms with van der Waals surface area (Å²) in [6.45, 7) is 2.81. The van der Waals surface area contributed by atoms with Gasteiger partial charge < -0.3 is 15.0 Å². The molecule has 3 N–H and O–H groups in total. The van der Waals surface area contributed by atoms with E-state index in [-0.39, 0.29) is 29.5 Å². The average Bonchev–Trinajstić information content (AvgIpc) is 3.80. The minimum Gasteiger partial charge on any atom is -0.457 e. The monoisotopic (exact) mass is 619 g/mol. The second-order valence-electron chi connectivity index (χ2n) is 11.7. The highest BCUT2D eigenvalue weighted by Gasteiger charge is 2.39. The summed E-state index contributed by atoms with van der Waals surface area (Å²) in [7, 11) is 0. The van der Waals surface area contributed by atoms with Crippen LogP contribution >= 0.6 is 11.3 Å². The molecule has 0 spiro atoms. The van der Waals surface area contributed by atoms with Crippen molar-refractivity contribution in [2.75, 3.05) is 18.4 Å². The number of hydrogen-bond acceptors (Lipinski definition) is 7. The number of likely N-dealkylation sites (tertiary alicyclic amines) is 1. The van der Waals surface area contributed by atoms with Crippen LogP contribution in [0.1, 0.15) is 40.9 Å². The fourth-order valence-electron chi connectivity index (χ4n) is 6.04. The van der Waals surface area contributed by atoms with E-state index in [9.17, 15) is 19.6 Å². The lowest BCUT2D eigenvalue weighted by molar-refractivity contribution is -0.660. The topological polar surface area (TPSA) is 129 Å². The summed E-state index contributed by atoms with van der Waals surface area (Å²) >= 11 is 1.23. The predicted molar refractivity (Wildman–Crippen MR) is 170 cm³/mol. The molecule has 4 aromatic rings. The van der Waals surface area contributed by atoms with Crippen LogP contribution in [0.15, 0.2) is 72.4 Å². The number of aryl methyl sites for hydroxylation is 1. The summed E-state index contributed by atoms with van der Waals surface area (Å²) < 4.78 is 5.99. The summed E-state index contributed by atoms with van der Waals surface area (Å²) in [4.78, 5) is 48.1. The Morgan fingerprint density at radius 1 is 1.13 bits per heavy atom. The molecule has 2 aromatic carbocycles. The van der Waals surface area contributed by atoms with Gasteiger partial charge in [0.1, 0.15) is 38.5 Å². The van der Waals surface area contributed by atoms with E-state index in [4.69, 9.17) is 4.74 Å². The van der Waals surface area contributed by atoms with Crippen molar-refractivity contribution in [1.29, 1.82) is 5.26 Å². The molecule has 2 atom stereocenters. The number of amides is 4. The van der Waals surface area contributed by atoms with Gasteiger partial charge in [-0.15, -0.1) is 11.3 Å². The maximum Gasteiger partial charge on any atom is 0.429 e. The third-order valence-electron chi connectivity index (χ3n) is 8.40. The zero-order valence-corrected chi connectivity index (χ0v) is 25.4. The molecule has 0 radical (unpaired) electrons. The number of hydrogen-bond donors (Lipinski definition) is 3. The zero-order valence-electron chi connectivity index (χ0n) is 24.6. The largest absolute Gasteiger partial charge is 0.457 e. The first-order chi connectivity index (χ1) is 21.9. The van der Waals surface area contributed by atoms with Crippen LogP contribution in [-0.2, 0) is 4.79 Å². The first-order valence-corrected chi connectivity index (χ1v) is 15.9. The van der Waals surface area contributed by atoms with Crippen molar-refractivity contribution in [3.63, 3.8) is 0 Å². The van der Waals surface area contributed by atoms with Crippen LogP contribution in [-0.4, -0.2) is 46.9 Å². The van der Waals surface area contributed by atoms with Crippen molar-refractivity contribution >= 4 is 56.5 Å². The molecule has 2 aromatic heterocycles. The highest BCUT2D eigenvalue weighted by molar-refractivity contribution is 7.21. The van der Waals surface area contributed by atoms with Gasteiger partial charge in [0, 0.05) is 43.0 Å². The number of piperidine rings is 1. The fraction of sp³-hybridized carbons (Fsp3) is 0.265. The Morgan fingerprint density at radius 2 is 1.96 bits per heavy atom. The van der Waals surface area contributed by atoms with Gasteiger partial charge in [-0.05, 0) is 62.8 Å². The number of aromatic nitrogens is 1. The summed E-state index contributed by atoms with van der Waals surface area (Å²) in [5.41, 5.74) is 2.99. The van der Waals surface area contributed by atoms with Crippen LogP contribution in [0.4, 0.5) is 21.9 Å². The Balaban J connectivity index is 1.12. The second kappa shape index (κ2) is 11.8. The molecule has 45 heavy (non-hydrogen) atoms. The highest BCUT2D eigenvalue weighted by atomic mass is 32.1. The number of carbonyl (C=O) groups is 3. The maximum atomic E-state index is 13.7. The minimum absolute atomic E-state index is 0.181. The van der Waals surface area contributed by atoms with Gasteiger partial charge in [-0.25, -0.2) is 9.78 Å². The number of thiophene rings is 1. The molecule has 4 amide bonds. The van der Waals surface area contributed by atoms with Crippen LogP contribution in [0.3, 0.4) is 0 Å². The first kappa shape index (κ1) is 28.7. The number of anilines is 1. The number of carbonyl (C=O) groups excluding carboxylic acids is 3. The molecule has 4 heterocycles. The number of pyridine rings is 1. The maximum absolute atomic E-state index is 13.7. The summed E-state index contributed by atoms with van der Waals surface area (Å²) in [5.74, 6) is 1.11. The smallest absolute Gasteiger partial charge is 0.429 e. The molecular formula is C34H31N6O4S+. The Morgan fingerprint density at radius 3 is 2.71 bits per heavy atom. The molecule has 226 valence electrons. The van der Waals surface area contributed by atoms with Crippen molar-refractivity contribution in [2.24, 2.45) is 5.92 Å². The van der Waals surface area contributed by atoms with E-state index < -0.39 is 0 Å². The van der Waals surface area contributed by atoms with Crippen molar-refractivity contribution in [3.8, 4) is 17.6 Å². The Bertz CT molecular complexity index is 1910. The molecule has 10 nitrogen and oxygen atoms in total. The van der Waals surface area contributed by atoms with Crippen molar-refractivity contribution in [1.82, 2.24) is 15.2 Å². The number of benzene rings is 2. The number of para-hydroxylation sites is 1. The SMILES string of the molecule is Cc1cc(Oc2ccccc2)ccc1[NH+]1C(=O)Nc2c(C(=O)N[C@@H]3CCCN(C(=O)/C(C#N)=C/C4CC4)C3)sc3nccc1c23. The molecule has 1 saturated heterocycles. The molecule has 1 unspecified atom stereocenters. The van der Waals surface area contributed by atoms with Gasteiger partial charge in [0.05, 0.1) is 11.1 Å². The van der Waals surface area contributed by atoms with E-state index in [0.717, 1.165) is 40.9 Å². The number of allylic oxidation sites excluding steroid dienone is 1. The van der Waals surface area contributed by atoms with Crippen LogP contribution in [0.2, 0.25) is 0 Å². The molecule has 1 aliphatic carbocycles. The number of rotatable bonds is 7. The number of ether oxygens (including phenoxy) is 1. The minimum atomic E-state index is -0.324. The van der Waals surface area contributed by atoms with Crippen molar-refractivity contribution in [3.05, 3.63) is 82.9 Å². The molecule has 7 rings (SSSR count). The van der Waals surface area contributed by atoms with E-state index in [1.807, 2.05) is 61.5 Å². The van der Waals surface area contributed by atoms with Gasteiger partial charge >= 0.3 is 6.03 Å². The van der Waals surface area contributed by atoms with E-state index in [2.05, 4.69) is 21.7 Å². The number of nitrogens with zero attached hydrogens (tertiary/aromatic N) is 3. The first-order valence-electron chi connectivity index (χ1n) is 15.1. The van der Waals surface area contributed by atoms with E-state index in [0.29, 0.717) is 57.9 Å². The fourth-order valence-corrected chi connectivity index (χ4v) is 7.06. The summed E-state index contributed by atoms with van der Waals surface area (Å²) in [5, 5.41) is 16.3. The summed E-state index contributed by atoms with van der Waals surface area (Å²) in [6.07, 6.45) is 6.88. The lowest BCUT2D eigenvalue weighted by atomic mass is 10.0. The van der Waals surface area contributed by atoms with Crippen molar-refractivity contribution in [2.45, 2.75) is 38.6 Å². The van der Waals surface area contributed by atoms with Crippen LogP contribution in [0, 0.1) is 24.2 Å². The van der Waals surface area contributed by atoms with Gasteiger partial charge in [-0.3, -0.25) is 14.9 Å². The number of urea groups is 1. The third-order valence-corrected chi connectivity index (χ3v) is 9.49. The molecular weight excluding hydrogens is 588 g/mol. The number of nitriles is 1. The Kier molecular flexibility index (Phi) is 7.53. The Hall–Kier alpha value is -5.05. The van der Waals surface area contributed by atoms with E-state index in [1.54, 1.807) is 17.2 Å². The quantitative estimate of drug-likeness (QED) is 0.188. The van der Waals surface area contributed by atoms with E-state index in [1.165, 1.54) is 11.3 Å². The lowest BCUT2D eigenvalue weighted by Gasteiger charge is -2.33. The van der Waals surface area contributed by atoms with Gasteiger partial charge in [-0.1, -0.05) is 24.3 Å². The number of quaternary nitrogens is 1. The molecule has 11 heteroatoms. The molecule has 2 fully saturated rings. The lowest BCUT2D eigenvalue weighted by Crippen LogP contribution is -3.07. The predicted octanol–water partition coefficient (Wildman–Crippen LogP) is 5.37. The molecule has 2 aliphatic heterocycles. The van der Waals surface area contributed by atoms with Gasteiger partial charge in [0.25, 0.3) is 11.8 Å². The van der Waals surface area contributed by atoms with Crippen LogP contribution in [0.5, 0.6) is 11.5 Å². The average molecular weight is 620 g/mol. The van der Waals surface area contributed by atoms with Gasteiger partial charge in [-0.2, -0.15) is 10.2 Å². The Labute approximate surface area is 263 Å². The molecule has 1 saturated carbocycles. The third kappa shape index (κ3) is 5.66. The highest BCUT2D eigenvalue weighted by Crippen LogP contribution is 2.40. The number of nitrogens with one attached hydrogen (secondary N) is 3. The normalized spacial score (nSPS) is 19.5. The van der Waals surface area contributed by atoms with E-state index >= 15 is 0 Å². The van der Waals surface area contributed by atoms with Crippen molar-refractivity contribution < 1.29 is 24.0 Å². The molecule has 3 aliphatic rings.